The van der Waals surface area contributed by atoms with E-state index >= 15 is 0 Å². The average Bonchev–Trinajstić information content (AvgIpc) is 3.22. The molecule has 1 saturated carbocycles. The molecule has 1 fully saturated rings. The zero-order chi connectivity index (χ0) is 13.8. The molecule has 0 amide bonds. The Morgan fingerprint density at radius 1 is 1.37 bits per heavy atom. The standard InChI is InChI=1S/C12H18N4O2S/c1-17-10-7-11(18-2)15-12(14-10)16(8-3-4-8)6-5-9(13)19/h7-8H,3-6H2,1-2H3,(H2,13,19). The van der Waals surface area contributed by atoms with Gasteiger partial charge in [-0.25, -0.2) is 0 Å². The van der Waals surface area contributed by atoms with Gasteiger partial charge < -0.3 is 20.1 Å². The van der Waals surface area contributed by atoms with Gasteiger partial charge in [0.15, 0.2) is 0 Å². The SMILES string of the molecule is COc1cc(OC)nc(N(CCC(N)=S)C2CC2)n1. The first kappa shape index (κ1) is 13.8. The van der Waals surface area contributed by atoms with Crippen LogP contribution in [0.4, 0.5) is 5.95 Å². The van der Waals surface area contributed by atoms with Gasteiger partial charge in [0.1, 0.15) is 0 Å². The number of nitrogens with zero attached hydrogens (tertiary/aromatic N) is 3. The van der Waals surface area contributed by atoms with Crippen LogP contribution in [0.2, 0.25) is 0 Å². The summed E-state index contributed by atoms with van der Waals surface area (Å²) in [4.78, 5) is 11.4. The van der Waals surface area contributed by atoms with Crippen molar-refractivity contribution < 1.29 is 9.47 Å². The molecule has 0 spiro atoms. The van der Waals surface area contributed by atoms with Crippen LogP contribution in [0.25, 0.3) is 0 Å². The predicted octanol–water partition coefficient (Wildman–Crippen LogP) is 1.14. The summed E-state index contributed by atoms with van der Waals surface area (Å²) in [7, 11) is 3.14. The van der Waals surface area contributed by atoms with Gasteiger partial charge in [-0.1, -0.05) is 12.2 Å². The van der Waals surface area contributed by atoms with Crippen LogP contribution in [-0.2, 0) is 0 Å². The Hall–Kier alpha value is -1.63. The maximum Gasteiger partial charge on any atom is 0.232 e. The van der Waals surface area contributed by atoms with Crippen LogP contribution >= 0.6 is 12.2 Å². The monoisotopic (exact) mass is 282 g/mol. The summed E-state index contributed by atoms with van der Waals surface area (Å²) in [6, 6.07) is 2.12. The largest absolute Gasteiger partial charge is 0.481 e. The van der Waals surface area contributed by atoms with E-state index in [9.17, 15) is 0 Å². The fourth-order valence-electron chi connectivity index (χ4n) is 1.79. The van der Waals surface area contributed by atoms with E-state index in [-0.39, 0.29) is 0 Å². The minimum Gasteiger partial charge on any atom is -0.481 e. The molecule has 1 aromatic rings. The Labute approximate surface area is 117 Å². The smallest absolute Gasteiger partial charge is 0.232 e. The second-order valence-electron chi connectivity index (χ2n) is 4.39. The summed E-state index contributed by atoms with van der Waals surface area (Å²) in [6.07, 6.45) is 2.93. The minimum absolute atomic E-state index is 0.464. The Morgan fingerprint density at radius 3 is 2.37 bits per heavy atom. The van der Waals surface area contributed by atoms with Crippen molar-refractivity contribution in [1.82, 2.24) is 9.97 Å². The van der Waals surface area contributed by atoms with Crippen LogP contribution in [0.1, 0.15) is 19.3 Å². The molecule has 0 bridgehead atoms. The highest BCUT2D eigenvalue weighted by Gasteiger charge is 2.31. The van der Waals surface area contributed by atoms with E-state index in [0.717, 1.165) is 19.4 Å². The van der Waals surface area contributed by atoms with Crippen LogP contribution in [-0.4, -0.2) is 41.8 Å². The average molecular weight is 282 g/mol. The number of ether oxygens (including phenoxy) is 2. The summed E-state index contributed by atoms with van der Waals surface area (Å²) < 4.78 is 10.3. The molecule has 0 aromatic carbocycles. The lowest BCUT2D eigenvalue weighted by Crippen LogP contribution is -2.31. The summed E-state index contributed by atoms with van der Waals surface area (Å²) in [5, 5.41) is 0. The van der Waals surface area contributed by atoms with Crippen molar-refractivity contribution in [2.24, 2.45) is 5.73 Å². The van der Waals surface area contributed by atoms with Crippen LogP contribution in [0.5, 0.6) is 11.8 Å². The van der Waals surface area contributed by atoms with Crippen molar-refractivity contribution in [3.63, 3.8) is 0 Å². The third kappa shape index (κ3) is 3.66. The fraction of sp³-hybridized carbons (Fsp3) is 0.583. The lowest BCUT2D eigenvalue weighted by Gasteiger charge is -2.22. The van der Waals surface area contributed by atoms with E-state index in [2.05, 4.69) is 14.9 Å². The highest BCUT2D eigenvalue weighted by molar-refractivity contribution is 7.80. The highest BCUT2D eigenvalue weighted by Crippen LogP contribution is 2.31. The number of methoxy groups -OCH3 is 2. The number of thiocarbonyl (C=S) groups is 1. The molecule has 1 aromatic heterocycles. The molecular formula is C12H18N4O2S. The number of anilines is 1. The first-order valence-corrected chi connectivity index (χ1v) is 6.57. The van der Waals surface area contributed by atoms with E-state index < -0.39 is 0 Å². The fourth-order valence-corrected chi connectivity index (χ4v) is 1.88. The maximum atomic E-state index is 5.57. The Morgan fingerprint density at radius 2 is 1.95 bits per heavy atom. The van der Waals surface area contributed by atoms with Gasteiger partial charge in [-0.3, -0.25) is 0 Å². The first-order valence-electron chi connectivity index (χ1n) is 6.16. The summed E-state index contributed by atoms with van der Waals surface area (Å²) in [5.74, 6) is 1.58. The van der Waals surface area contributed by atoms with Gasteiger partial charge >= 0.3 is 0 Å². The third-order valence-electron chi connectivity index (χ3n) is 2.93. The maximum absolute atomic E-state index is 5.57. The number of aromatic nitrogens is 2. The van der Waals surface area contributed by atoms with Gasteiger partial charge in [0.05, 0.1) is 25.3 Å². The molecule has 0 unspecified atom stereocenters. The van der Waals surface area contributed by atoms with Gasteiger partial charge in [0.25, 0.3) is 0 Å². The zero-order valence-corrected chi connectivity index (χ0v) is 11.9. The number of rotatable bonds is 7. The molecule has 1 aliphatic rings. The molecule has 6 nitrogen and oxygen atoms in total. The molecule has 0 radical (unpaired) electrons. The predicted molar refractivity (Wildman–Crippen MR) is 76.9 cm³/mol. The Kier molecular flexibility index (Phi) is 4.36. The quantitative estimate of drug-likeness (QED) is 0.752. The molecule has 0 atom stereocenters. The van der Waals surface area contributed by atoms with Gasteiger partial charge in [-0.05, 0) is 12.8 Å². The summed E-state index contributed by atoms with van der Waals surface area (Å²) in [6.45, 7) is 0.719. The van der Waals surface area contributed by atoms with Gasteiger partial charge in [-0.15, -0.1) is 0 Å². The van der Waals surface area contributed by atoms with Crippen molar-refractivity contribution in [1.29, 1.82) is 0 Å². The van der Waals surface area contributed by atoms with E-state index in [4.69, 9.17) is 27.4 Å². The minimum atomic E-state index is 0.464. The van der Waals surface area contributed by atoms with Gasteiger partial charge in [0.2, 0.25) is 17.7 Å². The number of hydrogen-bond acceptors (Lipinski definition) is 6. The lowest BCUT2D eigenvalue weighted by atomic mass is 10.3. The second kappa shape index (κ2) is 6.01. The molecule has 0 aliphatic heterocycles. The lowest BCUT2D eigenvalue weighted by molar-refractivity contribution is 0.371. The van der Waals surface area contributed by atoms with Gasteiger partial charge in [-0.2, -0.15) is 9.97 Å². The highest BCUT2D eigenvalue weighted by atomic mass is 32.1. The summed E-state index contributed by atoms with van der Waals surface area (Å²) >= 11 is 4.93. The molecule has 1 heterocycles. The molecule has 0 saturated heterocycles. The van der Waals surface area contributed by atoms with Crippen molar-refractivity contribution in [3.05, 3.63) is 6.07 Å². The summed E-state index contributed by atoms with van der Waals surface area (Å²) in [5.41, 5.74) is 5.57. The van der Waals surface area contributed by atoms with Crippen molar-refractivity contribution in [2.75, 3.05) is 25.7 Å². The molecule has 104 valence electrons. The topological polar surface area (TPSA) is 73.5 Å². The zero-order valence-electron chi connectivity index (χ0n) is 11.1. The first-order chi connectivity index (χ1) is 9.13. The van der Waals surface area contributed by atoms with E-state index in [1.54, 1.807) is 20.3 Å². The normalized spacial score (nSPS) is 14.0. The Bertz CT molecular complexity index is 443. The van der Waals surface area contributed by atoms with Crippen molar-refractivity contribution in [3.8, 4) is 11.8 Å². The van der Waals surface area contributed by atoms with Crippen LogP contribution in [0.15, 0.2) is 6.07 Å². The van der Waals surface area contributed by atoms with Crippen LogP contribution in [0.3, 0.4) is 0 Å². The number of nitrogens with two attached hydrogens (primary N) is 1. The second-order valence-corrected chi connectivity index (χ2v) is 4.92. The molecule has 2 N–H and O–H groups in total. The van der Waals surface area contributed by atoms with Crippen molar-refractivity contribution >= 4 is 23.2 Å². The molecule has 7 heteroatoms. The molecular weight excluding hydrogens is 264 g/mol. The number of hydrogen-bond donors (Lipinski definition) is 1. The van der Waals surface area contributed by atoms with Crippen LogP contribution in [0, 0.1) is 0 Å². The van der Waals surface area contributed by atoms with E-state index in [1.165, 1.54) is 0 Å². The Balaban J connectivity index is 2.22. The van der Waals surface area contributed by atoms with E-state index in [1.807, 2.05) is 0 Å². The van der Waals surface area contributed by atoms with Crippen molar-refractivity contribution in [2.45, 2.75) is 25.3 Å². The van der Waals surface area contributed by atoms with E-state index in [0.29, 0.717) is 35.2 Å². The van der Waals surface area contributed by atoms with Gasteiger partial charge in [0, 0.05) is 19.0 Å². The molecule has 1 aliphatic carbocycles. The third-order valence-corrected chi connectivity index (χ3v) is 3.13. The van der Waals surface area contributed by atoms with Crippen LogP contribution < -0.4 is 20.1 Å². The molecule has 19 heavy (non-hydrogen) atoms. The molecule has 2 rings (SSSR count).